The van der Waals surface area contributed by atoms with Crippen molar-refractivity contribution < 1.29 is 22.6 Å². The highest BCUT2D eigenvalue weighted by molar-refractivity contribution is 7.90. The minimum absolute atomic E-state index is 0.0632. The molecule has 0 fully saturated rings. The van der Waals surface area contributed by atoms with Crippen LogP contribution in [0.4, 0.5) is 0 Å². The average molecular weight is 323 g/mol. The van der Waals surface area contributed by atoms with E-state index >= 15 is 0 Å². The molecule has 0 radical (unpaired) electrons. The Hall–Kier alpha value is -2.42. The second-order valence-corrected chi connectivity index (χ2v) is 6.54. The van der Waals surface area contributed by atoms with Crippen LogP contribution >= 0.6 is 0 Å². The number of nitrogens with zero attached hydrogens (tertiary/aromatic N) is 4. The summed E-state index contributed by atoms with van der Waals surface area (Å²) in [5.74, 6) is 0.0677. The van der Waals surface area contributed by atoms with Crippen molar-refractivity contribution in [2.45, 2.75) is 17.9 Å². The molecule has 0 aliphatic rings. The highest BCUT2D eigenvalue weighted by Gasteiger charge is 2.12. The summed E-state index contributed by atoms with van der Waals surface area (Å²) in [5, 5.41) is 4.14. The number of aryl methyl sites for hydroxylation is 1. The second kappa shape index (κ2) is 6.56. The summed E-state index contributed by atoms with van der Waals surface area (Å²) in [5.41, 5.74) is 0.648. The van der Waals surface area contributed by atoms with E-state index in [4.69, 9.17) is 0 Å². The summed E-state index contributed by atoms with van der Waals surface area (Å²) in [6.45, 7) is 0.404. The number of rotatable bonds is 5. The number of aromatic nitrogens is 4. The predicted octanol–water partition coefficient (Wildman–Crippen LogP) is -0.207. The molecule has 22 heavy (non-hydrogen) atoms. The van der Waals surface area contributed by atoms with E-state index in [1.807, 2.05) is 0 Å². The first-order valence-corrected chi connectivity index (χ1v) is 8.24. The van der Waals surface area contributed by atoms with E-state index in [0.29, 0.717) is 17.9 Å². The molecule has 2 aromatic rings. The van der Waals surface area contributed by atoms with Crippen LogP contribution in [0.25, 0.3) is 11.4 Å². The Balaban J connectivity index is 2.12. The van der Waals surface area contributed by atoms with Crippen molar-refractivity contribution in [1.29, 1.82) is 0 Å². The minimum atomic E-state index is -3.32. The summed E-state index contributed by atoms with van der Waals surface area (Å²) in [4.78, 5) is 19.2. The van der Waals surface area contributed by atoms with Crippen LogP contribution in [-0.4, -0.2) is 42.8 Å². The maximum Gasteiger partial charge on any atom is 0.312 e. The van der Waals surface area contributed by atoms with E-state index in [1.54, 1.807) is 23.1 Å². The van der Waals surface area contributed by atoms with E-state index in [2.05, 4.69) is 19.8 Å². The quantitative estimate of drug-likeness (QED) is 0.554. The van der Waals surface area contributed by atoms with Gasteiger partial charge in [-0.3, -0.25) is 4.79 Å². The van der Waals surface area contributed by atoms with E-state index in [9.17, 15) is 13.2 Å². The Morgan fingerprint density at radius 2 is 1.95 bits per heavy atom. The van der Waals surface area contributed by atoms with Gasteiger partial charge >= 0.3 is 5.97 Å². The lowest BCUT2D eigenvalue weighted by Gasteiger charge is -2.00. The smallest absolute Gasteiger partial charge is 0.312 e. The molecule has 0 unspecified atom stereocenters. The summed E-state index contributed by atoms with van der Waals surface area (Å²) >= 11 is 0. The number of hydrogen-bond donors (Lipinski definition) is 0. The van der Waals surface area contributed by atoms with Gasteiger partial charge in [0.05, 0.1) is 7.11 Å². The third-order valence-corrected chi connectivity index (χ3v) is 3.93. The predicted molar refractivity (Wildman–Crippen MR) is 75.2 cm³/mol. The molecule has 0 aliphatic carbocycles. The summed E-state index contributed by atoms with van der Waals surface area (Å²) in [6.07, 6.45) is 7.08. The Bertz CT molecular complexity index is 758. The van der Waals surface area contributed by atoms with Gasteiger partial charge in [-0.2, -0.15) is 0 Å². The van der Waals surface area contributed by atoms with Crippen LogP contribution in [0.5, 0.6) is 0 Å². The van der Waals surface area contributed by atoms with Gasteiger partial charge in [0.2, 0.25) is 0 Å². The lowest BCUT2D eigenvalue weighted by atomic mass is 10.3. The van der Waals surface area contributed by atoms with Crippen LogP contribution in [0.2, 0.25) is 0 Å². The number of carbonyl (C=O) groups is 1. The highest BCUT2D eigenvalue weighted by atomic mass is 32.2. The number of ether oxygens (including phenoxy) is 1. The van der Waals surface area contributed by atoms with Gasteiger partial charge in [0.1, 0.15) is 17.5 Å². The van der Waals surface area contributed by atoms with Gasteiger partial charge in [-0.1, -0.05) is 4.68 Å². The summed E-state index contributed by atoms with van der Waals surface area (Å²) < 4.78 is 28.8. The van der Waals surface area contributed by atoms with Gasteiger partial charge in [-0.25, -0.2) is 18.4 Å². The average Bonchev–Trinajstić information content (AvgIpc) is 2.52. The zero-order valence-electron chi connectivity index (χ0n) is 12.1. The molecule has 0 aromatic carbocycles. The first-order chi connectivity index (χ1) is 10.4. The molecular weight excluding hydrogens is 308 g/mol. The van der Waals surface area contributed by atoms with Crippen molar-refractivity contribution in [2.75, 3.05) is 13.4 Å². The Labute approximate surface area is 127 Å². The molecule has 0 saturated heterocycles. The maximum absolute atomic E-state index is 11.3. The lowest BCUT2D eigenvalue weighted by molar-refractivity contribution is -0.752. The molecule has 0 spiro atoms. The molecule has 2 heterocycles. The van der Waals surface area contributed by atoms with E-state index < -0.39 is 9.84 Å². The molecule has 2 rings (SSSR count). The van der Waals surface area contributed by atoms with Gasteiger partial charge in [0.15, 0.2) is 28.4 Å². The molecule has 0 N–H and O–H groups in total. The second-order valence-electron chi connectivity index (χ2n) is 4.52. The van der Waals surface area contributed by atoms with Crippen LogP contribution in [0.1, 0.15) is 6.42 Å². The van der Waals surface area contributed by atoms with Crippen molar-refractivity contribution in [1.82, 2.24) is 15.1 Å². The molecule has 116 valence electrons. The standard InChI is InChI=1S/C13H15N4O4S/c1-21-12(18)4-6-17-5-3-10(7-16-17)13-14-8-11(9-15-13)22(2,19)20/h3,5,7-9H,4,6H2,1-2H3/q+1. The van der Waals surface area contributed by atoms with Crippen LogP contribution in [-0.2, 0) is 25.9 Å². The topological polar surface area (TPSA) is 103 Å². The molecule has 0 atom stereocenters. The molecule has 8 nitrogen and oxygen atoms in total. The zero-order chi connectivity index (χ0) is 16.2. The van der Waals surface area contributed by atoms with Crippen LogP contribution < -0.4 is 4.68 Å². The van der Waals surface area contributed by atoms with Crippen LogP contribution in [0.15, 0.2) is 35.7 Å². The fourth-order valence-corrected chi connectivity index (χ4v) is 2.10. The summed E-state index contributed by atoms with van der Waals surface area (Å²) in [6, 6.07) is 1.74. The number of sulfone groups is 1. The Morgan fingerprint density at radius 1 is 1.27 bits per heavy atom. The van der Waals surface area contributed by atoms with E-state index in [-0.39, 0.29) is 17.3 Å². The SMILES string of the molecule is COC(=O)CC[n+]1ccc(-c2ncc(S(C)(=O)=O)cn2)cn1. The van der Waals surface area contributed by atoms with Gasteiger partial charge in [-0.05, 0) is 5.10 Å². The number of methoxy groups -OCH3 is 1. The third kappa shape index (κ3) is 4.04. The van der Waals surface area contributed by atoms with Crippen LogP contribution in [0.3, 0.4) is 0 Å². The van der Waals surface area contributed by atoms with E-state index in [0.717, 1.165) is 6.26 Å². The van der Waals surface area contributed by atoms with Crippen molar-refractivity contribution in [3.63, 3.8) is 0 Å². The zero-order valence-corrected chi connectivity index (χ0v) is 12.9. The minimum Gasteiger partial charge on any atom is -0.469 e. The van der Waals surface area contributed by atoms with Crippen molar-refractivity contribution in [3.05, 3.63) is 30.9 Å². The van der Waals surface area contributed by atoms with Crippen molar-refractivity contribution in [2.24, 2.45) is 0 Å². The lowest BCUT2D eigenvalue weighted by Crippen LogP contribution is -2.38. The van der Waals surface area contributed by atoms with Crippen LogP contribution in [0, 0.1) is 0 Å². The number of carbonyl (C=O) groups excluding carboxylic acids is 1. The molecule has 0 bridgehead atoms. The number of hydrogen-bond acceptors (Lipinski definition) is 7. The Kier molecular flexibility index (Phi) is 4.76. The van der Waals surface area contributed by atoms with E-state index in [1.165, 1.54) is 19.5 Å². The van der Waals surface area contributed by atoms with Crippen molar-refractivity contribution in [3.8, 4) is 11.4 Å². The molecule has 0 saturated carbocycles. The molecule has 9 heteroatoms. The third-order valence-electron chi connectivity index (χ3n) is 2.86. The first-order valence-electron chi connectivity index (χ1n) is 6.35. The Morgan fingerprint density at radius 3 is 2.45 bits per heavy atom. The van der Waals surface area contributed by atoms with Gasteiger partial charge in [0.25, 0.3) is 0 Å². The van der Waals surface area contributed by atoms with Gasteiger partial charge in [0, 0.05) is 30.3 Å². The fourth-order valence-electron chi connectivity index (χ4n) is 1.61. The first kappa shape index (κ1) is 16.0. The monoisotopic (exact) mass is 323 g/mol. The normalized spacial score (nSPS) is 11.2. The highest BCUT2D eigenvalue weighted by Crippen LogP contribution is 2.13. The largest absolute Gasteiger partial charge is 0.469 e. The maximum atomic E-state index is 11.3. The molecule has 0 aliphatic heterocycles. The molecule has 0 amide bonds. The molecule has 2 aromatic heterocycles. The van der Waals surface area contributed by atoms with Crippen molar-refractivity contribution >= 4 is 15.8 Å². The molecular formula is C13H15N4O4S+. The van der Waals surface area contributed by atoms with Gasteiger partial charge in [-0.15, -0.1) is 0 Å². The number of esters is 1. The fraction of sp³-hybridized carbons (Fsp3) is 0.308. The summed E-state index contributed by atoms with van der Waals surface area (Å²) in [7, 11) is -1.98. The van der Waals surface area contributed by atoms with Gasteiger partial charge < -0.3 is 4.74 Å².